The van der Waals surface area contributed by atoms with Crippen LogP contribution in [0, 0.1) is 0 Å². The van der Waals surface area contributed by atoms with E-state index < -0.39 is 0 Å². The van der Waals surface area contributed by atoms with Gasteiger partial charge in [0.05, 0.1) is 0 Å². The summed E-state index contributed by atoms with van der Waals surface area (Å²) in [6.07, 6.45) is 0. The lowest BCUT2D eigenvalue weighted by molar-refractivity contribution is 0.0946. The van der Waals surface area contributed by atoms with Gasteiger partial charge in [0.2, 0.25) is 0 Å². The van der Waals surface area contributed by atoms with Gasteiger partial charge in [-0.1, -0.05) is 51.8 Å². The van der Waals surface area contributed by atoms with Gasteiger partial charge in [-0.3, -0.25) is 4.79 Å². The van der Waals surface area contributed by atoms with Crippen LogP contribution in [0.1, 0.15) is 16.1 Å². The molecular weight excluding hydrogens is 316 g/mol. The third kappa shape index (κ3) is 3.31. The Hall–Kier alpha value is -1.39. The Kier molecular flexibility index (Phi) is 4.33. The summed E-state index contributed by atoms with van der Waals surface area (Å²) in [7, 11) is 0. The highest BCUT2D eigenvalue weighted by atomic mass is 79.9. The Morgan fingerprint density at radius 2 is 2.00 bits per heavy atom. The summed E-state index contributed by atoms with van der Waals surface area (Å²) in [5, 5.41) is 3.10. The number of carbonyl (C=O) groups is 1. The number of pyridine rings is 1. The number of hydrogen-bond donors (Lipinski definition) is 1. The van der Waals surface area contributed by atoms with E-state index >= 15 is 0 Å². The van der Waals surface area contributed by atoms with E-state index in [0.29, 0.717) is 17.4 Å². The Morgan fingerprint density at radius 3 is 2.72 bits per heavy atom. The number of halogens is 2. The maximum absolute atomic E-state index is 11.8. The van der Waals surface area contributed by atoms with E-state index in [2.05, 4.69) is 26.2 Å². The number of carbonyl (C=O) groups excluding carboxylic acids is 1. The number of nitrogens with one attached hydrogen (secondary N) is 1. The van der Waals surface area contributed by atoms with Crippen LogP contribution in [0.5, 0.6) is 0 Å². The van der Waals surface area contributed by atoms with Crippen LogP contribution in [0.4, 0.5) is 0 Å². The van der Waals surface area contributed by atoms with E-state index in [4.69, 9.17) is 11.6 Å². The van der Waals surface area contributed by atoms with Crippen molar-refractivity contribution in [2.24, 2.45) is 0 Å². The second kappa shape index (κ2) is 5.98. The number of amides is 1. The zero-order valence-electron chi connectivity index (χ0n) is 9.36. The zero-order valence-corrected chi connectivity index (χ0v) is 11.7. The van der Waals surface area contributed by atoms with Crippen LogP contribution >= 0.6 is 27.5 Å². The first-order valence-corrected chi connectivity index (χ1v) is 6.48. The van der Waals surface area contributed by atoms with Gasteiger partial charge in [0.25, 0.3) is 5.91 Å². The maximum Gasteiger partial charge on any atom is 0.270 e. The average molecular weight is 326 g/mol. The molecule has 1 heterocycles. The molecule has 92 valence electrons. The van der Waals surface area contributed by atoms with Crippen molar-refractivity contribution in [2.75, 3.05) is 0 Å². The SMILES string of the molecule is O=C(NCc1ccccc1Br)c1cccc(Cl)n1. The summed E-state index contributed by atoms with van der Waals surface area (Å²) in [6.45, 7) is 0.439. The Balaban J connectivity index is 2.03. The van der Waals surface area contributed by atoms with Crippen LogP contribution in [-0.4, -0.2) is 10.9 Å². The molecule has 2 aromatic rings. The van der Waals surface area contributed by atoms with Crippen molar-refractivity contribution in [2.45, 2.75) is 6.54 Å². The topological polar surface area (TPSA) is 42.0 Å². The van der Waals surface area contributed by atoms with Crippen molar-refractivity contribution in [1.29, 1.82) is 0 Å². The van der Waals surface area contributed by atoms with Crippen molar-refractivity contribution < 1.29 is 4.79 Å². The molecule has 0 aliphatic rings. The molecule has 1 aromatic heterocycles. The minimum absolute atomic E-state index is 0.242. The van der Waals surface area contributed by atoms with Crippen molar-refractivity contribution in [3.8, 4) is 0 Å². The molecule has 0 atom stereocenters. The largest absolute Gasteiger partial charge is 0.347 e. The number of nitrogens with zero attached hydrogens (tertiary/aromatic N) is 1. The molecule has 0 aliphatic heterocycles. The molecule has 1 amide bonds. The minimum Gasteiger partial charge on any atom is -0.347 e. The monoisotopic (exact) mass is 324 g/mol. The van der Waals surface area contributed by atoms with Crippen LogP contribution in [-0.2, 0) is 6.54 Å². The molecule has 18 heavy (non-hydrogen) atoms. The normalized spacial score (nSPS) is 10.1. The molecule has 0 radical (unpaired) electrons. The van der Waals surface area contributed by atoms with E-state index in [1.807, 2.05) is 24.3 Å². The van der Waals surface area contributed by atoms with Crippen LogP contribution in [0.25, 0.3) is 0 Å². The summed E-state index contributed by atoms with van der Waals surface area (Å²) < 4.78 is 0.962. The van der Waals surface area contributed by atoms with Gasteiger partial charge in [0.1, 0.15) is 10.8 Å². The standard InChI is InChI=1S/C13H10BrClN2O/c14-10-5-2-1-4-9(10)8-16-13(18)11-6-3-7-12(15)17-11/h1-7H,8H2,(H,16,18). The third-order valence-corrected chi connectivity index (χ3v) is 3.33. The molecule has 0 fully saturated rings. The quantitative estimate of drug-likeness (QED) is 0.879. The fourth-order valence-electron chi connectivity index (χ4n) is 1.44. The summed E-state index contributed by atoms with van der Waals surface area (Å²) >= 11 is 9.16. The van der Waals surface area contributed by atoms with Crippen LogP contribution in [0.15, 0.2) is 46.9 Å². The number of rotatable bonds is 3. The highest BCUT2D eigenvalue weighted by Crippen LogP contribution is 2.15. The first kappa shape index (κ1) is 13.1. The van der Waals surface area contributed by atoms with E-state index in [1.54, 1.807) is 18.2 Å². The lowest BCUT2D eigenvalue weighted by atomic mass is 10.2. The van der Waals surface area contributed by atoms with Gasteiger partial charge in [0.15, 0.2) is 0 Å². The van der Waals surface area contributed by atoms with Gasteiger partial charge in [-0.2, -0.15) is 0 Å². The minimum atomic E-state index is -0.242. The lowest BCUT2D eigenvalue weighted by Crippen LogP contribution is -2.23. The predicted molar refractivity (Wildman–Crippen MR) is 74.6 cm³/mol. The molecule has 5 heteroatoms. The summed E-state index contributed by atoms with van der Waals surface area (Å²) in [6, 6.07) is 12.7. The molecule has 3 nitrogen and oxygen atoms in total. The lowest BCUT2D eigenvalue weighted by Gasteiger charge is -2.06. The molecular formula is C13H10BrClN2O. The Morgan fingerprint density at radius 1 is 1.22 bits per heavy atom. The van der Waals surface area contributed by atoms with Crippen molar-refractivity contribution in [3.63, 3.8) is 0 Å². The van der Waals surface area contributed by atoms with E-state index in [9.17, 15) is 4.79 Å². The summed E-state index contributed by atoms with van der Waals surface area (Å²) in [4.78, 5) is 15.8. The molecule has 0 unspecified atom stereocenters. The van der Waals surface area contributed by atoms with Gasteiger partial charge in [-0.05, 0) is 23.8 Å². The van der Waals surface area contributed by atoms with Gasteiger partial charge < -0.3 is 5.32 Å². The van der Waals surface area contributed by atoms with Gasteiger partial charge in [-0.15, -0.1) is 0 Å². The smallest absolute Gasteiger partial charge is 0.270 e. The van der Waals surface area contributed by atoms with Crippen LogP contribution in [0.2, 0.25) is 5.15 Å². The number of benzene rings is 1. The number of hydrogen-bond acceptors (Lipinski definition) is 2. The second-order valence-corrected chi connectivity index (χ2v) is 4.86. The van der Waals surface area contributed by atoms with E-state index in [-0.39, 0.29) is 5.91 Å². The number of aromatic nitrogens is 1. The molecule has 1 aromatic carbocycles. The molecule has 0 saturated heterocycles. The highest BCUT2D eigenvalue weighted by molar-refractivity contribution is 9.10. The fraction of sp³-hybridized carbons (Fsp3) is 0.0769. The van der Waals surface area contributed by atoms with Crippen molar-refractivity contribution in [1.82, 2.24) is 10.3 Å². The highest BCUT2D eigenvalue weighted by Gasteiger charge is 2.07. The first-order valence-electron chi connectivity index (χ1n) is 5.31. The molecule has 0 bridgehead atoms. The predicted octanol–water partition coefficient (Wildman–Crippen LogP) is 3.43. The van der Waals surface area contributed by atoms with Crippen molar-refractivity contribution >= 4 is 33.4 Å². The van der Waals surface area contributed by atoms with Gasteiger partial charge >= 0.3 is 0 Å². The Labute approximate surface area is 118 Å². The molecule has 0 saturated carbocycles. The summed E-state index contributed by atoms with van der Waals surface area (Å²) in [5.41, 5.74) is 1.32. The molecule has 0 spiro atoms. The van der Waals surface area contributed by atoms with Gasteiger partial charge in [0, 0.05) is 11.0 Å². The van der Waals surface area contributed by atoms with E-state index in [1.165, 1.54) is 0 Å². The van der Waals surface area contributed by atoms with Gasteiger partial charge in [-0.25, -0.2) is 4.98 Å². The molecule has 1 N–H and O–H groups in total. The van der Waals surface area contributed by atoms with Crippen LogP contribution in [0.3, 0.4) is 0 Å². The van der Waals surface area contributed by atoms with Crippen LogP contribution < -0.4 is 5.32 Å². The fourth-order valence-corrected chi connectivity index (χ4v) is 2.03. The Bertz CT molecular complexity index is 574. The third-order valence-electron chi connectivity index (χ3n) is 2.34. The zero-order chi connectivity index (χ0) is 13.0. The van der Waals surface area contributed by atoms with Crippen molar-refractivity contribution in [3.05, 3.63) is 63.3 Å². The van der Waals surface area contributed by atoms with E-state index in [0.717, 1.165) is 10.0 Å². The average Bonchev–Trinajstić information content (AvgIpc) is 2.37. The molecule has 0 aliphatic carbocycles. The second-order valence-electron chi connectivity index (χ2n) is 3.62. The molecule has 2 rings (SSSR count). The first-order chi connectivity index (χ1) is 8.66. The summed E-state index contributed by atoms with van der Waals surface area (Å²) in [5.74, 6) is -0.242. The maximum atomic E-state index is 11.8.